The van der Waals surface area contributed by atoms with E-state index in [4.69, 9.17) is 15.7 Å². The zero-order valence-electron chi connectivity index (χ0n) is 12.7. The van der Waals surface area contributed by atoms with E-state index in [9.17, 15) is 4.79 Å². The fourth-order valence-corrected chi connectivity index (χ4v) is 2.12. The van der Waals surface area contributed by atoms with Gasteiger partial charge in [0.2, 0.25) is 5.88 Å². The molecule has 0 bridgehead atoms. The molecule has 0 amide bonds. The van der Waals surface area contributed by atoms with Crippen LogP contribution in [0.1, 0.15) is 35.9 Å². The van der Waals surface area contributed by atoms with Crippen molar-refractivity contribution in [2.75, 3.05) is 12.8 Å². The number of nitrogen functional groups attached to an aromatic ring is 1. The Balaban J connectivity index is 2.33. The molecule has 0 atom stereocenters. The number of ether oxygens (including phenoxy) is 2. The summed E-state index contributed by atoms with van der Waals surface area (Å²) in [6, 6.07) is 10.2. The molecule has 114 valence electrons. The van der Waals surface area contributed by atoms with Gasteiger partial charge in [0.25, 0.3) is 0 Å². The van der Waals surface area contributed by atoms with E-state index >= 15 is 0 Å². The monoisotopic (exact) mass is 299 g/mol. The average molecular weight is 299 g/mol. The SMILES string of the molecule is COC(=O)c1ccc(Oc2c(N)cc(C#N)n2C(C)C)cc1. The molecule has 0 aliphatic rings. The van der Waals surface area contributed by atoms with Gasteiger partial charge in [-0.1, -0.05) is 0 Å². The fourth-order valence-electron chi connectivity index (χ4n) is 2.12. The van der Waals surface area contributed by atoms with E-state index in [0.29, 0.717) is 28.6 Å². The zero-order chi connectivity index (χ0) is 16.3. The highest BCUT2D eigenvalue weighted by Crippen LogP contribution is 2.33. The highest BCUT2D eigenvalue weighted by atomic mass is 16.5. The molecule has 1 aromatic carbocycles. The number of rotatable bonds is 4. The number of nitrogens with zero attached hydrogens (tertiary/aromatic N) is 2. The van der Waals surface area contributed by atoms with Crippen LogP contribution in [0.15, 0.2) is 30.3 Å². The second kappa shape index (κ2) is 6.22. The van der Waals surface area contributed by atoms with Gasteiger partial charge < -0.3 is 15.2 Å². The lowest BCUT2D eigenvalue weighted by molar-refractivity contribution is 0.0600. The van der Waals surface area contributed by atoms with Crippen molar-refractivity contribution < 1.29 is 14.3 Å². The minimum atomic E-state index is -0.414. The van der Waals surface area contributed by atoms with Crippen molar-refractivity contribution in [1.29, 1.82) is 5.26 Å². The Morgan fingerprint density at radius 2 is 1.95 bits per heavy atom. The lowest BCUT2D eigenvalue weighted by Gasteiger charge is -2.15. The molecular weight excluding hydrogens is 282 g/mol. The number of nitrogens with two attached hydrogens (primary N) is 1. The number of anilines is 1. The Morgan fingerprint density at radius 1 is 1.32 bits per heavy atom. The van der Waals surface area contributed by atoms with Crippen LogP contribution < -0.4 is 10.5 Å². The normalized spacial score (nSPS) is 10.3. The van der Waals surface area contributed by atoms with Crippen molar-refractivity contribution >= 4 is 11.7 Å². The Morgan fingerprint density at radius 3 is 2.45 bits per heavy atom. The van der Waals surface area contributed by atoms with Gasteiger partial charge in [-0.25, -0.2) is 4.79 Å². The van der Waals surface area contributed by atoms with Gasteiger partial charge in [-0.15, -0.1) is 0 Å². The first-order valence-electron chi connectivity index (χ1n) is 6.75. The van der Waals surface area contributed by atoms with Crippen LogP contribution in [0.5, 0.6) is 11.6 Å². The van der Waals surface area contributed by atoms with Crippen molar-refractivity contribution in [3.63, 3.8) is 0 Å². The average Bonchev–Trinajstić information content (AvgIpc) is 2.83. The van der Waals surface area contributed by atoms with E-state index in [0.717, 1.165) is 0 Å². The quantitative estimate of drug-likeness (QED) is 0.876. The van der Waals surface area contributed by atoms with Gasteiger partial charge in [-0.05, 0) is 38.1 Å². The van der Waals surface area contributed by atoms with Gasteiger partial charge in [0, 0.05) is 12.1 Å². The van der Waals surface area contributed by atoms with Crippen molar-refractivity contribution in [3.8, 4) is 17.7 Å². The molecule has 6 nitrogen and oxygen atoms in total. The molecule has 0 spiro atoms. The van der Waals surface area contributed by atoms with Gasteiger partial charge >= 0.3 is 5.97 Å². The minimum Gasteiger partial charge on any atom is -0.465 e. The number of methoxy groups -OCH3 is 1. The third-order valence-electron chi connectivity index (χ3n) is 3.14. The van der Waals surface area contributed by atoms with E-state index in [1.807, 2.05) is 13.8 Å². The van der Waals surface area contributed by atoms with Gasteiger partial charge in [0.05, 0.1) is 18.4 Å². The third-order valence-corrected chi connectivity index (χ3v) is 3.14. The maximum absolute atomic E-state index is 11.4. The second-order valence-corrected chi connectivity index (χ2v) is 4.98. The van der Waals surface area contributed by atoms with Crippen LogP contribution in [0, 0.1) is 11.3 Å². The molecule has 2 aromatic rings. The van der Waals surface area contributed by atoms with Gasteiger partial charge in [0.15, 0.2) is 0 Å². The molecule has 0 aliphatic carbocycles. The number of aromatic nitrogens is 1. The van der Waals surface area contributed by atoms with E-state index in [1.54, 1.807) is 34.9 Å². The lowest BCUT2D eigenvalue weighted by atomic mass is 10.2. The van der Waals surface area contributed by atoms with E-state index in [-0.39, 0.29) is 6.04 Å². The summed E-state index contributed by atoms with van der Waals surface area (Å²) < 4.78 is 12.2. The van der Waals surface area contributed by atoms with Crippen LogP contribution in [0.3, 0.4) is 0 Å². The summed E-state index contributed by atoms with van der Waals surface area (Å²) in [4.78, 5) is 11.4. The molecule has 1 aromatic heterocycles. The van der Waals surface area contributed by atoms with Crippen LogP contribution in [0.25, 0.3) is 0 Å². The van der Waals surface area contributed by atoms with Crippen LogP contribution in [0.4, 0.5) is 5.69 Å². The maximum atomic E-state index is 11.4. The summed E-state index contributed by atoms with van der Waals surface area (Å²) in [7, 11) is 1.33. The molecule has 1 heterocycles. The van der Waals surface area contributed by atoms with Crippen molar-refractivity contribution in [2.24, 2.45) is 0 Å². The van der Waals surface area contributed by atoms with Gasteiger partial charge in [-0.2, -0.15) is 5.26 Å². The highest BCUT2D eigenvalue weighted by molar-refractivity contribution is 5.89. The van der Waals surface area contributed by atoms with Crippen LogP contribution in [0.2, 0.25) is 0 Å². The van der Waals surface area contributed by atoms with Crippen molar-refractivity contribution in [1.82, 2.24) is 4.57 Å². The number of hydrogen-bond donors (Lipinski definition) is 1. The van der Waals surface area contributed by atoms with Crippen LogP contribution in [-0.2, 0) is 4.74 Å². The first-order valence-corrected chi connectivity index (χ1v) is 6.75. The molecule has 0 saturated heterocycles. The number of benzene rings is 1. The Labute approximate surface area is 128 Å². The lowest BCUT2D eigenvalue weighted by Crippen LogP contribution is -2.06. The van der Waals surface area contributed by atoms with Gasteiger partial charge in [0.1, 0.15) is 17.5 Å². The van der Waals surface area contributed by atoms with E-state index in [1.165, 1.54) is 7.11 Å². The molecule has 2 rings (SSSR count). The summed E-state index contributed by atoms with van der Waals surface area (Å²) in [5, 5.41) is 9.16. The topological polar surface area (TPSA) is 90.3 Å². The van der Waals surface area contributed by atoms with E-state index in [2.05, 4.69) is 10.8 Å². The first-order chi connectivity index (χ1) is 10.5. The highest BCUT2D eigenvalue weighted by Gasteiger charge is 2.17. The molecule has 0 fully saturated rings. The van der Waals surface area contributed by atoms with Crippen molar-refractivity contribution in [3.05, 3.63) is 41.6 Å². The number of hydrogen-bond acceptors (Lipinski definition) is 5. The summed E-state index contributed by atoms with van der Waals surface area (Å²) in [6.45, 7) is 3.88. The number of nitriles is 1. The molecule has 0 unspecified atom stereocenters. The largest absolute Gasteiger partial charge is 0.465 e. The summed E-state index contributed by atoms with van der Waals surface area (Å²) >= 11 is 0. The second-order valence-electron chi connectivity index (χ2n) is 4.98. The zero-order valence-corrected chi connectivity index (χ0v) is 12.7. The molecule has 0 saturated carbocycles. The summed E-state index contributed by atoms with van der Waals surface area (Å²) in [6.07, 6.45) is 0. The summed E-state index contributed by atoms with van der Waals surface area (Å²) in [5.74, 6) is 0.518. The maximum Gasteiger partial charge on any atom is 0.337 e. The molecule has 22 heavy (non-hydrogen) atoms. The third kappa shape index (κ3) is 2.88. The first kappa shape index (κ1) is 15.4. The van der Waals surface area contributed by atoms with Crippen molar-refractivity contribution in [2.45, 2.75) is 19.9 Å². The predicted molar refractivity (Wildman–Crippen MR) is 81.8 cm³/mol. The number of carbonyl (C=O) groups excluding carboxylic acids is 1. The predicted octanol–water partition coefficient (Wildman–Crippen LogP) is 3.10. The molecule has 6 heteroatoms. The standard InChI is InChI=1S/C16H17N3O3/c1-10(2)19-12(9-17)8-14(18)15(19)22-13-6-4-11(5-7-13)16(20)21-3/h4-8,10H,18H2,1-3H3. The molecule has 0 radical (unpaired) electrons. The Kier molecular flexibility index (Phi) is 4.37. The molecule has 2 N–H and O–H groups in total. The number of carbonyl (C=O) groups is 1. The fraction of sp³-hybridized carbons (Fsp3) is 0.250. The summed E-state index contributed by atoms with van der Waals surface area (Å²) in [5.41, 5.74) is 7.19. The number of esters is 1. The van der Waals surface area contributed by atoms with E-state index < -0.39 is 5.97 Å². The minimum absolute atomic E-state index is 0.0243. The van der Waals surface area contributed by atoms with Crippen LogP contribution >= 0.6 is 0 Å². The van der Waals surface area contributed by atoms with Crippen LogP contribution in [-0.4, -0.2) is 17.6 Å². The molecule has 0 aliphatic heterocycles. The molecular formula is C16H17N3O3. The Bertz CT molecular complexity index is 724. The smallest absolute Gasteiger partial charge is 0.337 e. The van der Waals surface area contributed by atoms with Gasteiger partial charge in [-0.3, -0.25) is 4.57 Å². The Hall–Kier alpha value is -2.94.